The Morgan fingerprint density at radius 2 is 1.24 bits per heavy atom. The number of benzene rings is 3. The van der Waals surface area contributed by atoms with Gasteiger partial charge >= 0.3 is 12.1 Å². The van der Waals surface area contributed by atoms with Crippen molar-refractivity contribution in [2.45, 2.75) is 34.6 Å². The summed E-state index contributed by atoms with van der Waals surface area (Å²) in [5.74, 6) is 0.265. The molecule has 0 saturated carbocycles. The third kappa shape index (κ3) is 6.88. The lowest BCUT2D eigenvalue weighted by molar-refractivity contribution is 0.153. The van der Waals surface area contributed by atoms with E-state index in [0.29, 0.717) is 22.5 Å². The van der Waals surface area contributed by atoms with Gasteiger partial charge in [-0.3, -0.25) is 0 Å². The van der Waals surface area contributed by atoms with Gasteiger partial charge in [-0.25, -0.2) is 24.5 Å². The number of ether oxygens (including phenoxy) is 3. The highest BCUT2D eigenvalue weighted by atomic mass is 16.5. The van der Waals surface area contributed by atoms with Gasteiger partial charge in [0.05, 0.1) is 32.2 Å². The molecule has 0 spiro atoms. The number of imidazole rings is 1. The number of alkyl carbamates (subject to hydrolysis) is 1. The summed E-state index contributed by atoms with van der Waals surface area (Å²) in [4.78, 5) is 36.0. The number of amides is 2. The zero-order chi connectivity index (χ0) is 33.4. The topological polar surface area (TPSA) is 118 Å². The van der Waals surface area contributed by atoms with E-state index in [1.165, 1.54) is 18.8 Å². The molecule has 0 aliphatic heterocycles. The molecule has 1 aromatic heterocycles. The number of anilines is 2. The second kappa shape index (κ2) is 15.2. The number of carbonyl (C=O) groups excluding carboxylic acids is 2. The molecular formula is C35H43N5O6. The molecule has 0 fully saturated rings. The highest BCUT2D eigenvalue weighted by molar-refractivity contribution is 5.99. The Morgan fingerprint density at radius 1 is 0.761 bits per heavy atom. The number of carbonyl (C=O) groups is 2. The van der Waals surface area contributed by atoms with Crippen molar-refractivity contribution in [3.05, 3.63) is 60.7 Å². The van der Waals surface area contributed by atoms with Gasteiger partial charge in [0, 0.05) is 54.2 Å². The molecule has 3 aromatic carbocycles. The fraction of sp³-hybridized carbons (Fsp3) is 0.343. The summed E-state index contributed by atoms with van der Waals surface area (Å²) in [6.45, 7) is 13.5. The largest absolute Gasteiger partial charge is 0.502 e. The Hall–Kier alpha value is -5.19. The van der Waals surface area contributed by atoms with E-state index < -0.39 is 12.1 Å². The van der Waals surface area contributed by atoms with Crippen molar-refractivity contribution in [1.82, 2.24) is 14.9 Å². The van der Waals surface area contributed by atoms with Crippen LogP contribution in [-0.4, -0.2) is 73.8 Å². The van der Waals surface area contributed by atoms with Crippen molar-refractivity contribution in [2.75, 3.05) is 56.8 Å². The summed E-state index contributed by atoms with van der Waals surface area (Å²) >= 11 is 0. The molecule has 0 unspecified atom stereocenters. The standard InChI is InChI=1S/C35H43N5O6/c1-8-38(9-2)26-17-13-23(14-18-26)30-31(24-15-19-27(20-16-24)39(10-3)11-4)40(34(42)37-35(43)46-12-5)33(36-30)25-21-28(44-6)32(41)29(22-25)45-7/h13-22,41H,8-12H2,1-7H3,(H,37,42,43). The molecule has 0 radical (unpaired) electrons. The van der Waals surface area contributed by atoms with E-state index >= 15 is 0 Å². The molecule has 0 saturated heterocycles. The van der Waals surface area contributed by atoms with Crippen LogP contribution in [0.2, 0.25) is 0 Å². The van der Waals surface area contributed by atoms with E-state index in [9.17, 15) is 14.7 Å². The van der Waals surface area contributed by atoms with Crippen molar-refractivity contribution < 1.29 is 28.9 Å². The molecule has 244 valence electrons. The van der Waals surface area contributed by atoms with Crippen LogP contribution in [0.4, 0.5) is 21.0 Å². The highest BCUT2D eigenvalue weighted by Crippen LogP contribution is 2.43. The number of imide groups is 1. The third-order valence-electron chi connectivity index (χ3n) is 7.84. The van der Waals surface area contributed by atoms with Gasteiger partial charge in [0.25, 0.3) is 0 Å². The van der Waals surface area contributed by atoms with Crippen molar-refractivity contribution in [2.24, 2.45) is 0 Å². The number of rotatable bonds is 12. The van der Waals surface area contributed by atoms with Gasteiger partial charge in [-0.2, -0.15) is 0 Å². The van der Waals surface area contributed by atoms with Gasteiger partial charge in [-0.15, -0.1) is 0 Å². The minimum absolute atomic E-state index is 0.0894. The van der Waals surface area contributed by atoms with Crippen LogP contribution >= 0.6 is 0 Å². The molecule has 2 amide bonds. The zero-order valence-electron chi connectivity index (χ0n) is 27.6. The second-order valence-corrected chi connectivity index (χ2v) is 10.3. The first-order chi connectivity index (χ1) is 22.2. The second-order valence-electron chi connectivity index (χ2n) is 10.3. The quantitative estimate of drug-likeness (QED) is 0.171. The van der Waals surface area contributed by atoms with Crippen LogP contribution in [0.3, 0.4) is 0 Å². The number of nitrogens with zero attached hydrogens (tertiary/aromatic N) is 4. The van der Waals surface area contributed by atoms with Crippen molar-refractivity contribution in [3.8, 4) is 51.2 Å². The molecule has 0 bridgehead atoms. The number of aromatic hydroxyl groups is 1. The number of phenolic OH excluding ortho intramolecular Hbond substituents is 1. The Bertz CT molecular complexity index is 1620. The van der Waals surface area contributed by atoms with Crippen molar-refractivity contribution >= 4 is 23.5 Å². The van der Waals surface area contributed by atoms with E-state index in [1.54, 1.807) is 19.1 Å². The number of hydrogen-bond acceptors (Lipinski definition) is 9. The first kappa shape index (κ1) is 33.7. The van der Waals surface area contributed by atoms with Gasteiger partial charge in [-0.05, 0) is 71.0 Å². The van der Waals surface area contributed by atoms with Crippen LogP contribution < -0.4 is 24.6 Å². The SMILES string of the molecule is CCOC(=O)NC(=O)n1c(-c2cc(OC)c(O)c(OC)c2)nc(-c2ccc(N(CC)CC)cc2)c1-c1ccc(N(CC)CC)cc1. The molecule has 4 aromatic rings. The molecular weight excluding hydrogens is 586 g/mol. The third-order valence-corrected chi connectivity index (χ3v) is 7.84. The van der Waals surface area contributed by atoms with Crippen LogP contribution in [0.5, 0.6) is 17.2 Å². The summed E-state index contributed by atoms with van der Waals surface area (Å²) < 4.78 is 17.2. The lowest BCUT2D eigenvalue weighted by atomic mass is 10.0. The number of aromatic nitrogens is 2. The van der Waals surface area contributed by atoms with Crippen LogP contribution in [0.25, 0.3) is 33.9 Å². The number of methoxy groups -OCH3 is 2. The molecule has 0 aliphatic carbocycles. The molecule has 0 aliphatic rings. The summed E-state index contributed by atoms with van der Waals surface area (Å²) in [5, 5.41) is 13.0. The minimum atomic E-state index is -0.888. The molecule has 11 nitrogen and oxygen atoms in total. The van der Waals surface area contributed by atoms with Crippen LogP contribution in [-0.2, 0) is 4.74 Å². The fourth-order valence-electron chi connectivity index (χ4n) is 5.45. The lowest BCUT2D eigenvalue weighted by Crippen LogP contribution is -2.35. The maximum atomic E-state index is 14.0. The summed E-state index contributed by atoms with van der Waals surface area (Å²) in [6.07, 6.45) is -0.888. The average Bonchev–Trinajstić information content (AvgIpc) is 3.47. The molecule has 11 heteroatoms. The normalized spacial score (nSPS) is 10.8. The average molecular weight is 630 g/mol. The number of hydrogen-bond donors (Lipinski definition) is 2. The predicted octanol–water partition coefficient (Wildman–Crippen LogP) is 7.01. The molecule has 2 N–H and O–H groups in total. The zero-order valence-corrected chi connectivity index (χ0v) is 27.6. The number of phenols is 1. The van der Waals surface area contributed by atoms with E-state index in [4.69, 9.17) is 19.2 Å². The maximum absolute atomic E-state index is 14.0. The van der Waals surface area contributed by atoms with Gasteiger partial charge in [-0.1, -0.05) is 24.3 Å². The minimum Gasteiger partial charge on any atom is -0.502 e. The maximum Gasteiger partial charge on any atom is 0.415 e. The Balaban J connectivity index is 2.05. The van der Waals surface area contributed by atoms with E-state index in [1.807, 2.05) is 48.5 Å². The Labute approximate surface area is 270 Å². The van der Waals surface area contributed by atoms with Crippen molar-refractivity contribution in [1.29, 1.82) is 0 Å². The first-order valence-electron chi connectivity index (χ1n) is 15.5. The van der Waals surface area contributed by atoms with Crippen molar-refractivity contribution in [3.63, 3.8) is 0 Å². The summed E-state index contributed by atoms with van der Waals surface area (Å²) in [5.41, 5.74) is 4.96. The Kier molecular flexibility index (Phi) is 11.1. The van der Waals surface area contributed by atoms with Gasteiger partial charge < -0.3 is 29.1 Å². The summed E-state index contributed by atoms with van der Waals surface area (Å²) in [7, 11) is 2.84. The molecule has 0 atom stereocenters. The van der Waals surface area contributed by atoms with Gasteiger partial charge in [0.15, 0.2) is 11.5 Å². The van der Waals surface area contributed by atoms with Crippen LogP contribution in [0.1, 0.15) is 34.6 Å². The molecule has 4 rings (SSSR count). The predicted molar refractivity (Wildman–Crippen MR) is 181 cm³/mol. The van der Waals surface area contributed by atoms with Gasteiger partial charge in [0.1, 0.15) is 5.82 Å². The van der Waals surface area contributed by atoms with Crippen LogP contribution in [0.15, 0.2) is 60.7 Å². The van der Waals surface area contributed by atoms with E-state index in [2.05, 4.69) is 42.8 Å². The molecule has 46 heavy (non-hydrogen) atoms. The summed E-state index contributed by atoms with van der Waals surface area (Å²) in [6, 6.07) is 18.2. The van der Waals surface area contributed by atoms with Crippen LogP contribution in [0, 0.1) is 0 Å². The lowest BCUT2D eigenvalue weighted by Gasteiger charge is -2.21. The fourth-order valence-corrected chi connectivity index (χ4v) is 5.45. The Morgan fingerprint density at radius 3 is 1.67 bits per heavy atom. The van der Waals surface area contributed by atoms with Gasteiger partial charge in [0.2, 0.25) is 5.75 Å². The smallest absolute Gasteiger partial charge is 0.415 e. The number of nitrogens with one attached hydrogen (secondary N) is 1. The first-order valence-corrected chi connectivity index (χ1v) is 15.5. The monoisotopic (exact) mass is 629 g/mol. The van der Waals surface area contributed by atoms with E-state index in [0.717, 1.165) is 43.1 Å². The van der Waals surface area contributed by atoms with E-state index in [-0.39, 0.29) is 29.7 Å². The highest BCUT2D eigenvalue weighted by Gasteiger charge is 2.28. The molecule has 1 heterocycles.